The number of anilines is 2. The molecule has 0 fully saturated rings. The van der Waals surface area contributed by atoms with Gasteiger partial charge in [-0.15, -0.1) is 11.3 Å². The molecule has 0 amide bonds. The van der Waals surface area contributed by atoms with Crippen LogP contribution in [-0.2, 0) is 0 Å². The Hall–Kier alpha value is -1.76. The topological polar surface area (TPSA) is 62.7 Å². The predicted octanol–water partition coefficient (Wildman–Crippen LogP) is 2.60. The molecule has 2 rings (SSSR count). The summed E-state index contributed by atoms with van der Waals surface area (Å²) in [7, 11) is 1.69. The maximum Gasteiger partial charge on any atom is 0.224 e. The Balaban J connectivity index is 2.18. The Bertz CT molecular complexity index is 542. The lowest BCUT2D eigenvalue weighted by atomic mass is 10.3. The van der Waals surface area contributed by atoms with E-state index in [0.717, 1.165) is 16.9 Å². The van der Waals surface area contributed by atoms with Crippen molar-refractivity contribution in [3.63, 3.8) is 0 Å². The van der Waals surface area contributed by atoms with Crippen LogP contribution in [-0.4, -0.2) is 22.0 Å². The maximum atomic E-state index is 13.6. The van der Waals surface area contributed by atoms with Crippen LogP contribution in [0.25, 0.3) is 0 Å². The normalized spacial score (nSPS) is 12.2. The smallest absolute Gasteiger partial charge is 0.224 e. The molecule has 2 N–H and O–H groups in total. The van der Waals surface area contributed by atoms with Crippen molar-refractivity contribution in [2.75, 3.05) is 17.7 Å². The van der Waals surface area contributed by atoms with E-state index in [4.69, 9.17) is 0 Å². The molecule has 0 spiro atoms. The van der Waals surface area contributed by atoms with Gasteiger partial charge < -0.3 is 10.6 Å². The van der Waals surface area contributed by atoms with Gasteiger partial charge >= 0.3 is 0 Å². The second kappa shape index (κ2) is 5.26. The molecule has 2 heterocycles. The lowest BCUT2D eigenvalue weighted by molar-refractivity contribution is 0.614. The number of nitrogens with zero attached hydrogens (tertiary/aromatic N) is 3. The van der Waals surface area contributed by atoms with Crippen molar-refractivity contribution in [3.05, 3.63) is 28.1 Å². The van der Waals surface area contributed by atoms with Crippen molar-refractivity contribution in [1.82, 2.24) is 15.0 Å². The third kappa shape index (κ3) is 2.73. The Morgan fingerprint density at radius 2 is 2.17 bits per heavy atom. The van der Waals surface area contributed by atoms with Crippen molar-refractivity contribution in [2.24, 2.45) is 0 Å². The van der Waals surface area contributed by atoms with E-state index in [1.54, 1.807) is 7.05 Å². The van der Waals surface area contributed by atoms with E-state index < -0.39 is 5.82 Å². The van der Waals surface area contributed by atoms with Crippen molar-refractivity contribution >= 4 is 23.1 Å². The molecule has 0 radical (unpaired) electrons. The Kier molecular flexibility index (Phi) is 3.71. The molecular formula is C11H14FN5S. The average Bonchev–Trinajstić information content (AvgIpc) is 2.79. The summed E-state index contributed by atoms with van der Waals surface area (Å²) in [6.07, 6.45) is 1.14. The number of rotatable bonds is 4. The van der Waals surface area contributed by atoms with E-state index in [1.165, 1.54) is 11.3 Å². The summed E-state index contributed by atoms with van der Waals surface area (Å²) in [6, 6.07) is -0.0993. The first kappa shape index (κ1) is 12.7. The monoisotopic (exact) mass is 267 g/mol. The zero-order chi connectivity index (χ0) is 13.1. The van der Waals surface area contributed by atoms with E-state index in [0.29, 0.717) is 5.95 Å². The van der Waals surface area contributed by atoms with Crippen molar-refractivity contribution in [2.45, 2.75) is 19.9 Å². The standard InChI is InChI=1S/C11H14FN5S/c1-6-5-18-10(15-6)7(2)16-9-8(12)4-14-11(13-3)17-9/h4-5,7H,1-3H3,(H2,13,14,16,17). The highest BCUT2D eigenvalue weighted by Gasteiger charge is 2.13. The van der Waals surface area contributed by atoms with Crippen LogP contribution in [0.3, 0.4) is 0 Å². The molecule has 2 aromatic rings. The van der Waals surface area contributed by atoms with Crippen LogP contribution in [0, 0.1) is 12.7 Å². The highest BCUT2D eigenvalue weighted by molar-refractivity contribution is 7.09. The van der Waals surface area contributed by atoms with Gasteiger partial charge in [-0.2, -0.15) is 4.98 Å². The lowest BCUT2D eigenvalue weighted by Crippen LogP contribution is -2.11. The van der Waals surface area contributed by atoms with E-state index in [1.807, 2.05) is 19.2 Å². The van der Waals surface area contributed by atoms with Gasteiger partial charge in [0, 0.05) is 18.1 Å². The molecule has 0 bridgehead atoms. The second-order valence-electron chi connectivity index (χ2n) is 3.83. The fourth-order valence-corrected chi connectivity index (χ4v) is 2.23. The average molecular weight is 267 g/mol. The van der Waals surface area contributed by atoms with Crippen LogP contribution in [0.4, 0.5) is 16.2 Å². The number of nitrogens with one attached hydrogen (secondary N) is 2. The minimum Gasteiger partial charge on any atom is -0.359 e. The van der Waals surface area contributed by atoms with Gasteiger partial charge in [-0.3, -0.25) is 0 Å². The first-order valence-electron chi connectivity index (χ1n) is 5.49. The number of hydrogen-bond donors (Lipinski definition) is 2. The molecule has 2 aromatic heterocycles. The first-order valence-corrected chi connectivity index (χ1v) is 6.37. The molecule has 1 unspecified atom stereocenters. The molecule has 96 valence electrons. The third-order valence-electron chi connectivity index (χ3n) is 2.33. The van der Waals surface area contributed by atoms with Gasteiger partial charge in [0.15, 0.2) is 11.6 Å². The minimum atomic E-state index is -0.478. The number of aromatic nitrogens is 3. The van der Waals surface area contributed by atoms with E-state index in [-0.39, 0.29) is 11.9 Å². The van der Waals surface area contributed by atoms with Crippen LogP contribution < -0.4 is 10.6 Å². The zero-order valence-corrected chi connectivity index (χ0v) is 11.2. The van der Waals surface area contributed by atoms with E-state index in [2.05, 4.69) is 25.6 Å². The number of thiazole rings is 1. The molecule has 0 saturated carbocycles. The molecular weight excluding hydrogens is 253 g/mol. The molecule has 0 aliphatic carbocycles. The van der Waals surface area contributed by atoms with Gasteiger partial charge in [-0.25, -0.2) is 14.4 Å². The quantitative estimate of drug-likeness (QED) is 0.891. The van der Waals surface area contributed by atoms with Gasteiger partial charge in [0.05, 0.1) is 12.2 Å². The van der Waals surface area contributed by atoms with Gasteiger partial charge in [-0.1, -0.05) is 0 Å². The van der Waals surface area contributed by atoms with E-state index >= 15 is 0 Å². The Morgan fingerprint density at radius 3 is 2.78 bits per heavy atom. The number of aryl methyl sites for hydroxylation is 1. The van der Waals surface area contributed by atoms with Gasteiger partial charge in [0.1, 0.15) is 5.01 Å². The second-order valence-corrected chi connectivity index (χ2v) is 4.72. The molecule has 0 saturated heterocycles. The van der Waals surface area contributed by atoms with Crippen LogP contribution in [0.15, 0.2) is 11.6 Å². The minimum absolute atomic E-state index is 0.0993. The number of hydrogen-bond acceptors (Lipinski definition) is 6. The maximum absolute atomic E-state index is 13.6. The molecule has 0 aromatic carbocycles. The Morgan fingerprint density at radius 1 is 1.39 bits per heavy atom. The zero-order valence-electron chi connectivity index (χ0n) is 10.4. The third-order valence-corrected chi connectivity index (χ3v) is 3.47. The molecule has 1 atom stereocenters. The van der Waals surface area contributed by atoms with Crippen LogP contribution >= 0.6 is 11.3 Å². The fourth-order valence-electron chi connectivity index (χ4n) is 1.43. The largest absolute Gasteiger partial charge is 0.359 e. The fraction of sp³-hybridized carbons (Fsp3) is 0.364. The summed E-state index contributed by atoms with van der Waals surface area (Å²) in [5.74, 6) is 0.0743. The lowest BCUT2D eigenvalue weighted by Gasteiger charge is -2.12. The highest BCUT2D eigenvalue weighted by Crippen LogP contribution is 2.23. The Labute approximate surface area is 109 Å². The SMILES string of the molecule is CNc1ncc(F)c(NC(C)c2nc(C)cs2)n1. The summed E-state index contributed by atoms with van der Waals surface area (Å²) < 4.78 is 13.6. The number of halogens is 1. The molecule has 0 aliphatic heterocycles. The van der Waals surface area contributed by atoms with Gasteiger partial charge in [0.2, 0.25) is 5.95 Å². The van der Waals surface area contributed by atoms with Gasteiger partial charge in [0.25, 0.3) is 0 Å². The summed E-state index contributed by atoms with van der Waals surface area (Å²) in [5.41, 5.74) is 0.961. The van der Waals surface area contributed by atoms with Crippen LogP contribution in [0.1, 0.15) is 23.7 Å². The van der Waals surface area contributed by atoms with Crippen molar-refractivity contribution < 1.29 is 4.39 Å². The summed E-state index contributed by atoms with van der Waals surface area (Å²) >= 11 is 1.54. The predicted molar refractivity (Wildman–Crippen MR) is 70.4 cm³/mol. The molecule has 5 nitrogen and oxygen atoms in total. The summed E-state index contributed by atoms with van der Waals surface area (Å²) in [6.45, 7) is 3.84. The summed E-state index contributed by atoms with van der Waals surface area (Å²) in [4.78, 5) is 12.2. The summed E-state index contributed by atoms with van der Waals surface area (Å²) in [5, 5.41) is 8.63. The van der Waals surface area contributed by atoms with Crippen molar-refractivity contribution in [1.29, 1.82) is 0 Å². The van der Waals surface area contributed by atoms with Crippen molar-refractivity contribution in [3.8, 4) is 0 Å². The molecule has 7 heteroatoms. The molecule has 0 aliphatic rings. The van der Waals surface area contributed by atoms with Gasteiger partial charge in [-0.05, 0) is 13.8 Å². The molecule has 18 heavy (non-hydrogen) atoms. The highest BCUT2D eigenvalue weighted by atomic mass is 32.1. The van der Waals surface area contributed by atoms with E-state index in [9.17, 15) is 4.39 Å². The first-order chi connectivity index (χ1) is 8.60. The van der Waals surface area contributed by atoms with Crippen LogP contribution in [0.5, 0.6) is 0 Å². The van der Waals surface area contributed by atoms with Crippen LogP contribution in [0.2, 0.25) is 0 Å².